The summed E-state index contributed by atoms with van der Waals surface area (Å²) in [7, 11) is -5.39. The Hall–Kier alpha value is -3.13. The fourth-order valence-corrected chi connectivity index (χ4v) is 4.63. The van der Waals surface area contributed by atoms with Gasteiger partial charge in [0.15, 0.2) is 0 Å². The van der Waals surface area contributed by atoms with Gasteiger partial charge in [0.2, 0.25) is 0 Å². The van der Waals surface area contributed by atoms with Crippen molar-refractivity contribution < 1.29 is 32.7 Å². The highest BCUT2D eigenvalue weighted by atomic mass is 31.2. The van der Waals surface area contributed by atoms with Gasteiger partial charge in [0, 0.05) is 0 Å². The van der Waals surface area contributed by atoms with Gasteiger partial charge in [0.25, 0.3) is 0 Å². The molecule has 0 aliphatic heterocycles. The molecule has 0 atom stereocenters. The summed E-state index contributed by atoms with van der Waals surface area (Å²) in [5, 5.41) is 0. The third kappa shape index (κ3) is 27.7. The Labute approximate surface area is 270 Å². The average Bonchev–Trinajstić information content (AvgIpc) is 2.90. The maximum atomic E-state index is 8.55. The first-order valence-corrected chi connectivity index (χ1v) is 15.8. The Balaban J connectivity index is -0.000000253. The van der Waals surface area contributed by atoms with Crippen molar-refractivity contribution in [1.29, 1.82) is 0 Å². The molecule has 0 aromatic rings. The van der Waals surface area contributed by atoms with Gasteiger partial charge in [-0.25, -0.2) is 0 Å². The second kappa shape index (κ2) is 29.9. The average molecular weight is 630 g/mol. The number of phosphoric acid groups is 1. The Morgan fingerprint density at radius 3 is 0.432 bits per heavy atom. The molecule has 0 bridgehead atoms. The van der Waals surface area contributed by atoms with Crippen molar-refractivity contribution in [3.05, 3.63) is 152 Å². The summed E-state index contributed by atoms with van der Waals surface area (Å²) in [4.78, 5) is 25.6. The van der Waals surface area contributed by atoms with Crippen molar-refractivity contribution in [3.8, 4) is 0 Å². The van der Waals surface area contributed by atoms with Crippen molar-refractivity contribution in [3.63, 3.8) is 0 Å². The molecule has 248 valence electrons. The van der Waals surface area contributed by atoms with Crippen LogP contribution in [0.3, 0.4) is 0 Å². The maximum Gasteiger partial charge on any atom is 0.0978 e. The van der Waals surface area contributed by atoms with E-state index in [1.54, 1.807) is 0 Å². The SMILES string of the molecule is C=CC[N+](CC=C)(CC=C)CC=C.C=CC[N+](CC=C)(CC=C)CC=C.C=CC[N+](CC=C)(CC=C)CC=C.O=P([O-])([O-])[O-]. The minimum atomic E-state index is -5.39. The molecule has 0 unspecified atom stereocenters. The summed E-state index contributed by atoms with van der Waals surface area (Å²) in [6, 6.07) is 0. The van der Waals surface area contributed by atoms with Gasteiger partial charge in [-0.3, -0.25) is 0 Å². The number of hydrogen-bond acceptors (Lipinski definition) is 4. The van der Waals surface area contributed by atoms with E-state index in [0.717, 1.165) is 92.0 Å². The molecule has 7 nitrogen and oxygen atoms in total. The first kappa shape index (κ1) is 47.8. The predicted molar refractivity (Wildman–Crippen MR) is 189 cm³/mol. The molecule has 0 aliphatic rings. The van der Waals surface area contributed by atoms with Crippen LogP contribution in [-0.2, 0) is 4.57 Å². The third-order valence-electron chi connectivity index (χ3n) is 6.20. The Bertz CT molecular complexity index is 700. The van der Waals surface area contributed by atoms with E-state index in [4.69, 9.17) is 19.2 Å². The summed E-state index contributed by atoms with van der Waals surface area (Å²) in [5.41, 5.74) is 0. The van der Waals surface area contributed by atoms with Gasteiger partial charge in [0.05, 0.1) is 78.5 Å². The van der Waals surface area contributed by atoms with Crippen LogP contribution in [0.15, 0.2) is 152 Å². The van der Waals surface area contributed by atoms with Gasteiger partial charge in [-0.15, -0.1) is 0 Å². The lowest BCUT2D eigenvalue weighted by atomic mass is 10.3. The molecule has 0 saturated carbocycles. The lowest BCUT2D eigenvalue weighted by Gasteiger charge is -2.36. The van der Waals surface area contributed by atoms with E-state index in [1.807, 2.05) is 72.9 Å². The second-order valence-corrected chi connectivity index (χ2v) is 11.0. The fraction of sp³-hybridized carbons (Fsp3) is 0.333. The third-order valence-corrected chi connectivity index (χ3v) is 6.20. The zero-order valence-electron chi connectivity index (χ0n) is 27.3. The van der Waals surface area contributed by atoms with Gasteiger partial charge in [-0.05, 0) is 72.9 Å². The van der Waals surface area contributed by atoms with Crippen molar-refractivity contribution in [1.82, 2.24) is 0 Å². The van der Waals surface area contributed by atoms with Gasteiger partial charge in [-0.1, -0.05) is 78.9 Å². The molecule has 8 heteroatoms. The quantitative estimate of drug-likeness (QED) is 0.0871. The van der Waals surface area contributed by atoms with Crippen LogP contribution in [0.5, 0.6) is 0 Å². The normalized spacial score (nSPS) is 10.6. The van der Waals surface area contributed by atoms with Gasteiger partial charge < -0.3 is 32.7 Å². The lowest BCUT2D eigenvalue weighted by Crippen LogP contribution is -2.48. The molecule has 0 saturated heterocycles. The standard InChI is InChI=1S/3C12H20N.H3O4P/c3*1-5-9-13(10-6-2,11-7-3)12-8-4;1-5(2,3)4/h3*5-8H,1-4,9-12H2;(H3,1,2,3,4)/q3*+1;/p-3. The first-order chi connectivity index (χ1) is 20.7. The number of hydrogen-bond donors (Lipinski definition) is 0. The van der Waals surface area contributed by atoms with Crippen molar-refractivity contribution >= 4 is 7.82 Å². The van der Waals surface area contributed by atoms with Crippen molar-refractivity contribution in [2.45, 2.75) is 0 Å². The minimum Gasteiger partial charge on any atom is -0.822 e. The Kier molecular flexibility index (Phi) is 32.5. The van der Waals surface area contributed by atoms with E-state index in [0.29, 0.717) is 0 Å². The van der Waals surface area contributed by atoms with E-state index < -0.39 is 7.82 Å². The zero-order chi connectivity index (χ0) is 35.0. The molecule has 0 rings (SSSR count). The fourth-order valence-electron chi connectivity index (χ4n) is 4.63. The van der Waals surface area contributed by atoms with Gasteiger partial charge >= 0.3 is 0 Å². The second-order valence-electron chi connectivity index (χ2n) is 10.1. The van der Waals surface area contributed by atoms with Crippen molar-refractivity contribution in [2.24, 2.45) is 0 Å². The number of rotatable bonds is 24. The molecule has 0 heterocycles. The summed E-state index contributed by atoms with van der Waals surface area (Å²) in [6.45, 7) is 56.5. The summed E-state index contributed by atoms with van der Waals surface area (Å²) >= 11 is 0. The van der Waals surface area contributed by atoms with Crippen LogP contribution < -0.4 is 14.7 Å². The predicted octanol–water partition coefficient (Wildman–Crippen LogP) is 4.82. The van der Waals surface area contributed by atoms with Crippen molar-refractivity contribution in [2.75, 3.05) is 78.5 Å². The molecule has 44 heavy (non-hydrogen) atoms. The van der Waals surface area contributed by atoms with Crippen LogP contribution in [0.25, 0.3) is 0 Å². The van der Waals surface area contributed by atoms with Gasteiger partial charge in [-0.2, -0.15) is 7.82 Å². The summed E-state index contributed by atoms with van der Waals surface area (Å²) in [5.74, 6) is 0. The Morgan fingerprint density at radius 1 is 0.318 bits per heavy atom. The highest BCUT2D eigenvalue weighted by molar-refractivity contribution is 7.40. The molecule has 0 fully saturated rings. The van der Waals surface area contributed by atoms with Crippen LogP contribution in [0.4, 0.5) is 0 Å². The molecule has 0 radical (unpaired) electrons. The van der Waals surface area contributed by atoms with Crippen LogP contribution >= 0.6 is 7.82 Å². The molecule has 0 aromatic carbocycles. The first-order valence-electron chi connectivity index (χ1n) is 14.3. The molecule has 0 N–H and O–H groups in total. The zero-order valence-corrected chi connectivity index (χ0v) is 28.2. The number of nitrogens with zero attached hydrogens (tertiary/aromatic N) is 3. The summed E-state index contributed by atoms with van der Waals surface area (Å²) < 4.78 is 11.3. The van der Waals surface area contributed by atoms with E-state index in [9.17, 15) is 0 Å². The highest BCUT2D eigenvalue weighted by Gasteiger charge is 2.22. The van der Waals surface area contributed by atoms with E-state index in [1.165, 1.54) is 0 Å². The molecule has 0 amide bonds. The number of quaternary nitrogens is 3. The molecule has 0 aromatic heterocycles. The topological polar surface area (TPSA) is 86.2 Å². The van der Waals surface area contributed by atoms with Crippen LogP contribution in [-0.4, -0.2) is 92.0 Å². The summed E-state index contributed by atoms with van der Waals surface area (Å²) in [6.07, 6.45) is 23.3. The van der Waals surface area contributed by atoms with E-state index >= 15 is 0 Å². The minimum absolute atomic E-state index is 0.903. The molecular formula is C36H60N3O4P. The van der Waals surface area contributed by atoms with Crippen LogP contribution in [0.1, 0.15) is 0 Å². The lowest BCUT2D eigenvalue weighted by molar-refractivity contribution is -0.906. The monoisotopic (exact) mass is 629 g/mol. The maximum absolute atomic E-state index is 8.55. The molecule has 0 aliphatic carbocycles. The molecular weight excluding hydrogens is 569 g/mol. The largest absolute Gasteiger partial charge is 0.822 e. The van der Waals surface area contributed by atoms with Crippen LogP contribution in [0, 0.1) is 0 Å². The smallest absolute Gasteiger partial charge is 0.0978 e. The van der Waals surface area contributed by atoms with E-state index in [-0.39, 0.29) is 0 Å². The van der Waals surface area contributed by atoms with Crippen LogP contribution in [0.2, 0.25) is 0 Å². The van der Waals surface area contributed by atoms with E-state index in [2.05, 4.69) is 78.9 Å². The molecule has 0 spiro atoms. The Morgan fingerprint density at radius 2 is 0.386 bits per heavy atom. The van der Waals surface area contributed by atoms with Gasteiger partial charge in [0.1, 0.15) is 0 Å². The highest BCUT2D eigenvalue weighted by Crippen LogP contribution is 2.09.